The van der Waals surface area contributed by atoms with Gasteiger partial charge in [-0.1, -0.05) is 18.5 Å². The van der Waals surface area contributed by atoms with Crippen LogP contribution in [0.4, 0.5) is 0 Å². The minimum atomic E-state index is -3.62. The van der Waals surface area contributed by atoms with Crippen LogP contribution in [0.5, 0.6) is 5.75 Å². The molecular weight excluding hydrogens is 362 g/mol. The number of ether oxygens (including phenoxy) is 1. The largest absolute Gasteiger partial charge is 0.495 e. The Balaban J connectivity index is 2.02. The maximum Gasteiger partial charge on any atom is 0.240 e. The first-order valence-corrected chi connectivity index (χ1v) is 10.4. The quantitative estimate of drug-likeness (QED) is 0.773. The Kier molecular flexibility index (Phi) is 6.73. The highest BCUT2D eigenvalue weighted by Gasteiger charge is 2.31. The Morgan fingerprint density at radius 2 is 1.88 bits per heavy atom. The van der Waals surface area contributed by atoms with Gasteiger partial charge in [0.15, 0.2) is 0 Å². The van der Waals surface area contributed by atoms with Gasteiger partial charge in [-0.25, -0.2) is 13.1 Å². The number of hydrogen-bond donors (Lipinski definition) is 1. The van der Waals surface area contributed by atoms with E-state index in [0.29, 0.717) is 12.3 Å². The van der Waals surface area contributed by atoms with Gasteiger partial charge in [0, 0.05) is 38.3 Å². The Bertz CT molecular complexity index is 686. The average molecular weight is 390 g/mol. The van der Waals surface area contributed by atoms with E-state index in [2.05, 4.69) is 35.3 Å². The van der Waals surface area contributed by atoms with Crippen LogP contribution >= 0.6 is 11.6 Å². The molecule has 0 spiro atoms. The van der Waals surface area contributed by atoms with Crippen LogP contribution in [0.3, 0.4) is 0 Å². The highest BCUT2D eigenvalue weighted by Crippen LogP contribution is 2.27. The molecule has 0 radical (unpaired) electrons. The number of hydrogen-bond acceptors (Lipinski definition) is 5. The molecule has 0 aliphatic carbocycles. The number of piperazine rings is 1. The molecule has 1 aliphatic rings. The first-order valence-electron chi connectivity index (χ1n) is 8.50. The van der Waals surface area contributed by atoms with Crippen molar-refractivity contribution in [2.45, 2.75) is 31.2 Å². The molecule has 142 valence electrons. The molecule has 1 fully saturated rings. The Hall–Kier alpha value is -0.860. The molecular formula is C17H28ClN3O3S. The molecule has 1 N–H and O–H groups in total. The van der Waals surface area contributed by atoms with Gasteiger partial charge < -0.3 is 9.64 Å². The normalized spacial score (nSPS) is 17.6. The third kappa shape index (κ3) is 5.08. The van der Waals surface area contributed by atoms with Gasteiger partial charge in [-0.2, -0.15) is 0 Å². The lowest BCUT2D eigenvalue weighted by Gasteiger charge is -2.44. The average Bonchev–Trinajstić information content (AvgIpc) is 2.60. The lowest BCUT2D eigenvalue weighted by atomic mass is 10.0. The highest BCUT2D eigenvalue weighted by atomic mass is 35.5. The lowest BCUT2D eigenvalue weighted by Crippen LogP contribution is -2.58. The Labute approximate surface area is 156 Å². The van der Waals surface area contributed by atoms with Crippen LogP contribution in [0.25, 0.3) is 0 Å². The second-order valence-electron chi connectivity index (χ2n) is 6.85. The van der Waals surface area contributed by atoms with Crippen LogP contribution in [0.15, 0.2) is 23.1 Å². The van der Waals surface area contributed by atoms with E-state index >= 15 is 0 Å². The van der Waals surface area contributed by atoms with E-state index in [-0.39, 0.29) is 15.5 Å². The van der Waals surface area contributed by atoms with Gasteiger partial charge in [-0.15, -0.1) is 0 Å². The molecule has 0 bridgehead atoms. The molecule has 2 rings (SSSR count). The summed E-state index contributed by atoms with van der Waals surface area (Å²) in [5.41, 5.74) is -0.261. The molecule has 1 aromatic carbocycles. The van der Waals surface area contributed by atoms with Crippen molar-refractivity contribution in [2.24, 2.45) is 0 Å². The summed E-state index contributed by atoms with van der Waals surface area (Å²) in [6.07, 6.45) is 0. The molecule has 0 atom stereocenters. The Morgan fingerprint density at radius 1 is 1.24 bits per heavy atom. The Morgan fingerprint density at radius 3 is 2.40 bits per heavy atom. The molecule has 1 aromatic rings. The summed E-state index contributed by atoms with van der Waals surface area (Å²) >= 11 is 6.04. The molecule has 25 heavy (non-hydrogen) atoms. The van der Waals surface area contributed by atoms with Crippen LogP contribution in [0.2, 0.25) is 5.02 Å². The summed E-state index contributed by atoms with van der Waals surface area (Å²) < 4.78 is 32.9. The van der Waals surface area contributed by atoms with E-state index in [0.717, 1.165) is 32.7 Å². The van der Waals surface area contributed by atoms with E-state index in [1.807, 2.05) is 0 Å². The minimum absolute atomic E-state index is 0.143. The topological polar surface area (TPSA) is 61.9 Å². The van der Waals surface area contributed by atoms with Gasteiger partial charge in [0.25, 0.3) is 0 Å². The summed E-state index contributed by atoms with van der Waals surface area (Å²) in [6, 6.07) is 4.47. The highest BCUT2D eigenvalue weighted by molar-refractivity contribution is 7.89. The van der Waals surface area contributed by atoms with E-state index in [1.54, 1.807) is 6.07 Å². The van der Waals surface area contributed by atoms with E-state index < -0.39 is 10.0 Å². The van der Waals surface area contributed by atoms with E-state index in [9.17, 15) is 8.42 Å². The first-order chi connectivity index (χ1) is 11.7. The molecule has 6 nitrogen and oxygen atoms in total. The number of methoxy groups -OCH3 is 1. The van der Waals surface area contributed by atoms with Gasteiger partial charge in [-0.3, -0.25) is 4.90 Å². The van der Waals surface area contributed by atoms with Crippen molar-refractivity contribution < 1.29 is 13.2 Å². The zero-order valence-electron chi connectivity index (χ0n) is 15.4. The zero-order valence-corrected chi connectivity index (χ0v) is 17.0. The molecule has 8 heteroatoms. The molecule has 0 aromatic heterocycles. The molecule has 1 aliphatic heterocycles. The maximum absolute atomic E-state index is 12.6. The molecule has 1 heterocycles. The predicted octanol–water partition coefficient (Wildman–Crippen LogP) is 2.04. The lowest BCUT2D eigenvalue weighted by molar-refractivity contribution is 0.0571. The van der Waals surface area contributed by atoms with Gasteiger partial charge in [-0.05, 0) is 38.6 Å². The van der Waals surface area contributed by atoms with Crippen molar-refractivity contribution in [2.75, 3.05) is 46.4 Å². The van der Waals surface area contributed by atoms with Crippen molar-refractivity contribution >= 4 is 21.6 Å². The van der Waals surface area contributed by atoms with Crippen molar-refractivity contribution in [3.05, 3.63) is 23.2 Å². The van der Waals surface area contributed by atoms with Crippen molar-refractivity contribution in [1.29, 1.82) is 0 Å². The zero-order chi connectivity index (χ0) is 18.7. The molecule has 1 saturated heterocycles. The minimum Gasteiger partial charge on any atom is -0.495 e. The second kappa shape index (κ2) is 8.22. The number of rotatable bonds is 7. The van der Waals surface area contributed by atoms with Crippen LogP contribution in [-0.2, 0) is 10.0 Å². The number of nitrogens with zero attached hydrogens (tertiary/aromatic N) is 2. The van der Waals surface area contributed by atoms with Crippen molar-refractivity contribution in [1.82, 2.24) is 14.5 Å². The fourth-order valence-corrected chi connectivity index (χ4v) is 4.50. The van der Waals surface area contributed by atoms with Gasteiger partial charge >= 0.3 is 0 Å². The van der Waals surface area contributed by atoms with Gasteiger partial charge in [0.2, 0.25) is 10.0 Å². The fraction of sp³-hybridized carbons (Fsp3) is 0.647. The summed E-state index contributed by atoms with van der Waals surface area (Å²) in [7, 11) is -2.13. The van der Waals surface area contributed by atoms with Gasteiger partial charge in [0.1, 0.15) is 5.75 Å². The monoisotopic (exact) mass is 389 g/mol. The molecule has 0 saturated carbocycles. The van der Waals surface area contributed by atoms with Crippen LogP contribution in [-0.4, -0.2) is 70.1 Å². The van der Waals surface area contributed by atoms with Crippen molar-refractivity contribution in [3.8, 4) is 5.75 Å². The standard InChI is InChI=1S/C17H28ClN3O3S/c1-5-20-8-10-21(11-9-20)17(2,3)13-19-25(22,23)14-6-7-16(24-4)15(18)12-14/h6-7,12,19H,5,8-11,13H2,1-4H3. The third-order valence-corrected chi connectivity index (χ3v) is 6.50. The van der Waals surface area contributed by atoms with Crippen LogP contribution < -0.4 is 9.46 Å². The van der Waals surface area contributed by atoms with Crippen molar-refractivity contribution in [3.63, 3.8) is 0 Å². The SMILES string of the molecule is CCN1CCN(C(C)(C)CNS(=O)(=O)c2ccc(OC)c(Cl)c2)CC1. The number of halogens is 1. The number of sulfonamides is 1. The van der Waals surface area contributed by atoms with Crippen LogP contribution in [0.1, 0.15) is 20.8 Å². The summed E-state index contributed by atoms with van der Waals surface area (Å²) in [4.78, 5) is 4.88. The maximum atomic E-state index is 12.6. The number of nitrogens with one attached hydrogen (secondary N) is 1. The summed E-state index contributed by atoms with van der Waals surface area (Å²) in [6.45, 7) is 11.6. The predicted molar refractivity (Wildman–Crippen MR) is 101 cm³/mol. The number of likely N-dealkylation sites (N-methyl/N-ethyl adjacent to an activating group) is 1. The summed E-state index contributed by atoms with van der Waals surface area (Å²) in [5, 5.41) is 0.278. The van der Waals surface area contributed by atoms with E-state index in [1.165, 1.54) is 19.2 Å². The van der Waals surface area contributed by atoms with E-state index in [4.69, 9.17) is 16.3 Å². The second-order valence-corrected chi connectivity index (χ2v) is 9.03. The van der Waals surface area contributed by atoms with Crippen LogP contribution in [0, 0.1) is 0 Å². The fourth-order valence-electron chi connectivity index (χ4n) is 2.95. The molecule has 0 amide bonds. The first kappa shape index (κ1) is 20.5. The summed E-state index contributed by atoms with van der Waals surface area (Å²) in [5.74, 6) is 0.453. The third-order valence-electron chi connectivity index (χ3n) is 4.80. The smallest absolute Gasteiger partial charge is 0.240 e. The number of benzene rings is 1. The molecule has 0 unspecified atom stereocenters. The van der Waals surface area contributed by atoms with Gasteiger partial charge in [0.05, 0.1) is 17.0 Å².